The van der Waals surface area contributed by atoms with Crippen LogP contribution >= 0.6 is 22.9 Å². The van der Waals surface area contributed by atoms with Crippen LogP contribution in [0.5, 0.6) is 0 Å². The first kappa shape index (κ1) is 20.4. The third kappa shape index (κ3) is 4.15. The summed E-state index contributed by atoms with van der Waals surface area (Å²) in [6, 6.07) is 14.1. The lowest BCUT2D eigenvalue weighted by atomic mass is 10.1. The van der Waals surface area contributed by atoms with Crippen LogP contribution in [0.25, 0.3) is 11.1 Å². The number of likely N-dealkylation sites (N-methyl/N-ethyl adjacent to an activating group) is 1. The monoisotopic (exact) mass is 452 g/mol. The number of nitrogens with zero attached hydrogens (tertiary/aromatic N) is 3. The van der Waals surface area contributed by atoms with E-state index in [9.17, 15) is 4.79 Å². The molecule has 31 heavy (non-hydrogen) atoms. The van der Waals surface area contributed by atoms with Gasteiger partial charge in [0.05, 0.1) is 16.4 Å². The van der Waals surface area contributed by atoms with E-state index in [1.165, 1.54) is 5.56 Å². The Hall–Kier alpha value is -2.54. The Labute approximate surface area is 191 Å². The van der Waals surface area contributed by atoms with Crippen LogP contribution in [0, 0.1) is 0 Å². The summed E-state index contributed by atoms with van der Waals surface area (Å²) in [6.07, 6.45) is 0.822. The number of amides is 2. The zero-order valence-electron chi connectivity index (χ0n) is 17.5. The van der Waals surface area contributed by atoms with Crippen LogP contribution in [-0.4, -0.2) is 50.7 Å². The zero-order chi connectivity index (χ0) is 21.4. The minimum absolute atomic E-state index is 0.103. The number of thiophene rings is 1. The summed E-state index contributed by atoms with van der Waals surface area (Å²) in [7, 11) is 2.14. The van der Waals surface area contributed by atoms with Crippen molar-refractivity contribution >= 4 is 46.0 Å². The molecule has 0 saturated carbocycles. The number of carbonyl (C=O) groups is 1. The summed E-state index contributed by atoms with van der Waals surface area (Å²) < 4.78 is 0. The average Bonchev–Trinajstić information content (AvgIpc) is 3.44. The molecule has 5 rings (SSSR count). The first-order valence-corrected chi connectivity index (χ1v) is 11.9. The maximum Gasteiger partial charge on any atom is 0.326 e. The van der Waals surface area contributed by atoms with Crippen LogP contribution in [0.2, 0.25) is 5.02 Å². The highest BCUT2D eigenvalue weighted by Gasteiger charge is 2.28. The van der Waals surface area contributed by atoms with Gasteiger partial charge in [0.15, 0.2) is 0 Å². The van der Waals surface area contributed by atoms with Crippen molar-refractivity contribution in [3.63, 3.8) is 0 Å². The van der Waals surface area contributed by atoms with Gasteiger partial charge in [-0.15, -0.1) is 0 Å². The number of rotatable bonds is 3. The van der Waals surface area contributed by atoms with Crippen LogP contribution < -0.4 is 15.1 Å². The Kier molecular flexibility index (Phi) is 5.61. The first-order valence-electron chi connectivity index (χ1n) is 10.6. The van der Waals surface area contributed by atoms with Gasteiger partial charge in [-0.1, -0.05) is 23.7 Å². The number of nitrogens with one attached hydrogen (secondary N) is 1. The van der Waals surface area contributed by atoms with E-state index in [2.05, 4.69) is 45.1 Å². The largest absolute Gasteiger partial charge is 0.368 e. The fourth-order valence-corrected chi connectivity index (χ4v) is 5.23. The van der Waals surface area contributed by atoms with Gasteiger partial charge in [-0.25, -0.2) is 4.79 Å². The van der Waals surface area contributed by atoms with Gasteiger partial charge in [0.25, 0.3) is 0 Å². The molecule has 0 aliphatic carbocycles. The lowest BCUT2D eigenvalue weighted by molar-refractivity contribution is 0.257. The molecule has 0 bridgehead atoms. The molecule has 1 N–H and O–H groups in total. The first-order chi connectivity index (χ1) is 15.1. The molecular weight excluding hydrogens is 428 g/mol. The van der Waals surface area contributed by atoms with Crippen LogP contribution in [-0.2, 0) is 6.42 Å². The number of urea groups is 1. The highest BCUT2D eigenvalue weighted by atomic mass is 35.5. The van der Waals surface area contributed by atoms with Gasteiger partial charge in [0, 0.05) is 38.4 Å². The number of anilines is 3. The van der Waals surface area contributed by atoms with Crippen LogP contribution in [0.3, 0.4) is 0 Å². The third-order valence-corrected chi connectivity index (χ3v) is 7.11. The summed E-state index contributed by atoms with van der Waals surface area (Å²) in [5.74, 6) is 0. The van der Waals surface area contributed by atoms with Crippen molar-refractivity contribution in [1.82, 2.24) is 4.90 Å². The Morgan fingerprint density at radius 3 is 2.45 bits per heavy atom. The quantitative estimate of drug-likeness (QED) is 0.577. The van der Waals surface area contributed by atoms with Gasteiger partial charge >= 0.3 is 6.03 Å². The Bertz CT molecular complexity index is 1080. The molecule has 0 spiro atoms. The van der Waals surface area contributed by atoms with Gasteiger partial charge in [0.1, 0.15) is 0 Å². The molecular formula is C24H25ClN4OS. The minimum Gasteiger partial charge on any atom is -0.368 e. The van der Waals surface area contributed by atoms with Crippen LogP contribution in [0.15, 0.2) is 53.2 Å². The summed E-state index contributed by atoms with van der Waals surface area (Å²) in [6.45, 7) is 4.57. The van der Waals surface area contributed by atoms with Gasteiger partial charge < -0.3 is 15.1 Å². The second-order valence-electron chi connectivity index (χ2n) is 8.14. The van der Waals surface area contributed by atoms with E-state index in [-0.39, 0.29) is 6.03 Å². The van der Waals surface area contributed by atoms with E-state index in [0.29, 0.717) is 6.54 Å². The van der Waals surface area contributed by atoms with Gasteiger partial charge in [0.2, 0.25) is 0 Å². The van der Waals surface area contributed by atoms with Crippen molar-refractivity contribution in [2.24, 2.45) is 0 Å². The van der Waals surface area contributed by atoms with Crippen molar-refractivity contribution in [2.45, 2.75) is 6.42 Å². The molecule has 5 nitrogen and oxygen atoms in total. The molecule has 2 aliphatic heterocycles. The Morgan fingerprint density at radius 2 is 1.74 bits per heavy atom. The summed E-state index contributed by atoms with van der Waals surface area (Å²) in [5.41, 5.74) is 6.26. The maximum absolute atomic E-state index is 13.1. The fraction of sp³-hybridized carbons (Fsp3) is 0.292. The molecule has 0 unspecified atom stereocenters. The van der Waals surface area contributed by atoms with E-state index in [4.69, 9.17) is 11.6 Å². The molecule has 2 aromatic carbocycles. The van der Waals surface area contributed by atoms with Gasteiger partial charge in [-0.05, 0) is 71.3 Å². The number of benzene rings is 2. The third-order valence-electron chi connectivity index (χ3n) is 6.12. The molecule has 1 fully saturated rings. The smallest absolute Gasteiger partial charge is 0.326 e. The van der Waals surface area contributed by atoms with E-state index < -0.39 is 0 Å². The highest BCUT2D eigenvalue weighted by Crippen LogP contribution is 2.38. The predicted molar refractivity (Wildman–Crippen MR) is 131 cm³/mol. The molecule has 1 saturated heterocycles. The molecule has 2 aliphatic rings. The molecule has 160 valence electrons. The van der Waals surface area contributed by atoms with Crippen molar-refractivity contribution < 1.29 is 4.79 Å². The zero-order valence-corrected chi connectivity index (χ0v) is 19.0. The molecule has 3 aromatic rings. The minimum atomic E-state index is -0.103. The summed E-state index contributed by atoms with van der Waals surface area (Å²) >= 11 is 8.30. The van der Waals surface area contributed by atoms with Crippen molar-refractivity contribution in [2.75, 3.05) is 54.9 Å². The second-order valence-corrected chi connectivity index (χ2v) is 9.33. The predicted octanol–water partition coefficient (Wildman–Crippen LogP) is 5.41. The number of hydrogen-bond donors (Lipinski definition) is 1. The molecule has 1 aromatic heterocycles. The number of piperazine rings is 1. The number of hydrogen-bond acceptors (Lipinski definition) is 4. The van der Waals surface area contributed by atoms with Gasteiger partial charge in [-0.3, -0.25) is 4.90 Å². The van der Waals surface area contributed by atoms with Crippen molar-refractivity contribution in [3.8, 4) is 11.1 Å². The Balaban J connectivity index is 1.33. The highest BCUT2D eigenvalue weighted by molar-refractivity contribution is 7.08. The Morgan fingerprint density at radius 1 is 0.968 bits per heavy atom. The summed E-state index contributed by atoms with van der Waals surface area (Å²) in [5, 5.41) is 8.02. The van der Waals surface area contributed by atoms with Crippen molar-refractivity contribution in [3.05, 3.63) is 63.8 Å². The summed E-state index contributed by atoms with van der Waals surface area (Å²) in [4.78, 5) is 19.5. The van der Waals surface area contributed by atoms with Crippen molar-refractivity contribution in [1.29, 1.82) is 0 Å². The molecule has 2 amide bonds. The van der Waals surface area contributed by atoms with E-state index >= 15 is 0 Å². The number of carbonyl (C=O) groups excluding carboxylic acids is 1. The number of halogens is 1. The molecule has 3 heterocycles. The van der Waals surface area contributed by atoms with Gasteiger partial charge in [-0.2, -0.15) is 11.3 Å². The van der Waals surface area contributed by atoms with E-state index in [1.807, 2.05) is 35.2 Å². The number of fused-ring (bicyclic) bond motifs is 1. The van der Waals surface area contributed by atoms with Crippen LogP contribution in [0.1, 0.15) is 5.56 Å². The normalized spacial score (nSPS) is 16.5. The lowest BCUT2D eigenvalue weighted by Gasteiger charge is -2.35. The SMILES string of the molecule is CN1CCN(c2cc3c(cc2Cl)CCN3C(=O)Nc2ccc(-c3ccsc3)cc2)CC1. The van der Waals surface area contributed by atoms with Crippen LogP contribution in [0.4, 0.5) is 21.9 Å². The molecule has 0 atom stereocenters. The standard InChI is InChI=1S/C24H25ClN4OS/c1-27-9-11-28(12-10-27)23-15-22-18(14-21(23)25)6-8-29(22)24(30)26-20-4-2-17(3-5-20)19-7-13-31-16-19/h2-5,7,13-16H,6,8-12H2,1H3,(H,26,30). The molecule has 0 radical (unpaired) electrons. The lowest BCUT2D eigenvalue weighted by Crippen LogP contribution is -2.44. The fourth-order valence-electron chi connectivity index (χ4n) is 4.26. The molecule has 7 heteroatoms. The second kappa shape index (κ2) is 8.54. The van der Waals surface area contributed by atoms with E-state index in [1.54, 1.807) is 11.3 Å². The van der Waals surface area contributed by atoms with E-state index in [0.717, 1.165) is 65.8 Å². The topological polar surface area (TPSA) is 38.8 Å². The average molecular weight is 453 g/mol. The maximum atomic E-state index is 13.1.